The Morgan fingerprint density at radius 2 is 1.64 bits per heavy atom. The van der Waals surface area contributed by atoms with Crippen LogP contribution in [-0.2, 0) is 22.6 Å². The van der Waals surface area contributed by atoms with Crippen molar-refractivity contribution in [1.82, 2.24) is 19.8 Å². The quantitative estimate of drug-likeness (QED) is 0.540. The highest BCUT2D eigenvalue weighted by Crippen LogP contribution is 2.34. The highest BCUT2D eigenvalue weighted by atomic mass is 16.5. The van der Waals surface area contributed by atoms with Crippen molar-refractivity contribution < 1.29 is 14.6 Å². The molecule has 2 fully saturated rings. The van der Waals surface area contributed by atoms with Gasteiger partial charge in [-0.2, -0.15) is 0 Å². The predicted molar refractivity (Wildman–Crippen MR) is 134 cm³/mol. The van der Waals surface area contributed by atoms with Gasteiger partial charge in [0.2, 0.25) is 11.7 Å². The van der Waals surface area contributed by atoms with E-state index in [1.165, 1.54) is 11.9 Å². The molecule has 2 N–H and O–H groups in total. The lowest BCUT2D eigenvalue weighted by atomic mass is 10.0. The van der Waals surface area contributed by atoms with Crippen molar-refractivity contribution in [2.45, 2.75) is 32.0 Å². The van der Waals surface area contributed by atoms with Crippen LogP contribution in [0.1, 0.15) is 46.8 Å². The van der Waals surface area contributed by atoms with Crippen LogP contribution in [-0.4, -0.2) is 57.1 Å². The molecule has 0 radical (unpaired) electrons. The molecule has 1 atom stereocenters. The number of likely N-dealkylation sites (tertiary alicyclic amines) is 1. The summed E-state index contributed by atoms with van der Waals surface area (Å²) in [7, 11) is 0. The summed E-state index contributed by atoms with van der Waals surface area (Å²) in [6, 6.07) is 16.1. The van der Waals surface area contributed by atoms with Gasteiger partial charge in [0.25, 0.3) is 5.56 Å². The fourth-order valence-electron chi connectivity index (χ4n) is 4.63. The molecule has 2 aliphatic rings. The number of nitrogens with zero attached hydrogens (tertiary/aromatic N) is 3. The van der Waals surface area contributed by atoms with Gasteiger partial charge in [-0.1, -0.05) is 36.1 Å². The van der Waals surface area contributed by atoms with E-state index in [0.717, 1.165) is 49.5 Å². The molecule has 0 saturated carbocycles. The van der Waals surface area contributed by atoms with Crippen LogP contribution < -0.4 is 5.56 Å². The Balaban J connectivity index is 1.24. The fraction of sp³-hybridized carbons (Fsp3) is 0.321. The minimum Gasteiger partial charge on any atom is -0.502 e. The van der Waals surface area contributed by atoms with E-state index in [9.17, 15) is 14.7 Å². The van der Waals surface area contributed by atoms with Crippen molar-refractivity contribution >= 4 is 5.91 Å². The molecule has 5 rings (SSSR count). The van der Waals surface area contributed by atoms with Gasteiger partial charge in [-0.3, -0.25) is 14.5 Å². The molecule has 1 amide bonds. The number of hydrogen-bond acceptors (Lipinski definition) is 6. The number of nitrogens with one attached hydrogen (secondary N) is 1. The van der Waals surface area contributed by atoms with Crippen LogP contribution in [0.15, 0.2) is 59.7 Å². The van der Waals surface area contributed by atoms with Crippen molar-refractivity contribution in [3.05, 3.63) is 93.2 Å². The number of rotatable bonds is 5. The number of H-pyrrole nitrogens is 1. The van der Waals surface area contributed by atoms with E-state index in [2.05, 4.69) is 51.0 Å². The molecule has 1 unspecified atom stereocenters. The van der Waals surface area contributed by atoms with E-state index < -0.39 is 11.3 Å². The van der Waals surface area contributed by atoms with Gasteiger partial charge >= 0.3 is 0 Å². The molecule has 0 bridgehead atoms. The Bertz CT molecular complexity index is 1330. The Hall–Kier alpha value is -3.93. The van der Waals surface area contributed by atoms with Crippen LogP contribution in [0.5, 0.6) is 5.75 Å². The molecule has 8 heteroatoms. The van der Waals surface area contributed by atoms with Gasteiger partial charge in [0.05, 0.1) is 32.1 Å². The summed E-state index contributed by atoms with van der Waals surface area (Å²) in [5, 5.41) is 10.0. The third kappa shape index (κ3) is 5.48. The van der Waals surface area contributed by atoms with Crippen LogP contribution in [0.2, 0.25) is 0 Å². The zero-order valence-electron chi connectivity index (χ0n) is 19.9. The molecule has 184 valence electrons. The first-order chi connectivity index (χ1) is 17.6. The molecular formula is C28H28N4O4. The van der Waals surface area contributed by atoms with Gasteiger partial charge in [-0.05, 0) is 41.8 Å². The standard InChI is InChI=1S/C28H28N4O4/c33-26-12-11-25(32(26)18-24-27(34)28(35)30-19-29-24)23-9-7-21(8-10-23)2-1-20-3-5-22(6-4-20)17-31-13-15-36-16-14-31/h3-10,19,25,34H,11-18H2,(H,29,30,35). The second-order valence-corrected chi connectivity index (χ2v) is 9.06. The number of aromatic nitrogens is 2. The molecular weight excluding hydrogens is 456 g/mol. The predicted octanol–water partition coefficient (Wildman–Crippen LogP) is 2.57. The number of benzene rings is 2. The summed E-state index contributed by atoms with van der Waals surface area (Å²) in [6.07, 6.45) is 2.32. The molecule has 8 nitrogen and oxygen atoms in total. The third-order valence-electron chi connectivity index (χ3n) is 6.66. The van der Waals surface area contributed by atoms with Crippen LogP contribution in [0.25, 0.3) is 0 Å². The lowest BCUT2D eigenvalue weighted by Gasteiger charge is -2.26. The smallest absolute Gasteiger partial charge is 0.293 e. The first-order valence-corrected chi connectivity index (χ1v) is 12.1. The summed E-state index contributed by atoms with van der Waals surface area (Å²) in [5.41, 5.74) is 3.69. The maximum atomic E-state index is 12.5. The second kappa shape index (κ2) is 10.8. The summed E-state index contributed by atoms with van der Waals surface area (Å²) < 4.78 is 5.41. The molecule has 2 saturated heterocycles. The number of hydrogen-bond donors (Lipinski definition) is 2. The molecule has 0 aliphatic carbocycles. The van der Waals surface area contributed by atoms with E-state index in [-0.39, 0.29) is 24.2 Å². The average Bonchev–Trinajstić information content (AvgIpc) is 3.27. The Morgan fingerprint density at radius 3 is 2.33 bits per heavy atom. The summed E-state index contributed by atoms with van der Waals surface area (Å²) in [4.78, 5) is 34.6. The maximum Gasteiger partial charge on any atom is 0.293 e. The van der Waals surface area contributed by atoms with E-state index >= 15 is 0 Å². The molecule has 36 heavy (non-hydrogen) atoms. The number of amides is 1. The molecule has 1 aromatic heterocycles. The fourth-order valence-corrected chi connectivity index (χ4v) is 4.63. The van der Waals surface area contributed by atoms with Crippen LogP contribution in [0.4, 0.5) is 0 Å². The second-order valence-electron chi connectivity index (χ2n) is 9.06. The van der Waals surface area contributed by atoms with Crippen molar-refractivity contribution in [3.8, 4) is 17.6 Å². The Morgan fingerprint density at radius 1 is 0.972 bits per heavy atom. The van der Waals surface area contributed by atoms with Crippen molar-refractivity contribution in [3.63, 3.8) is 0 Å². The molecule has 2 aliphatic heterocycles. The SMILES string of the molecule is O=C1CCC(c2ccc(C#Cc3ccc(CN4CCOCC4)cc3)cc2)N1Cc1nc[nH]c(=O)c1O. The molecule has 3 heterocycles. The number of aromatic amines is 1. The number of carbonyl (C=O) groups excluding carboxylic acids is 1. The molecule has 0 spiro atoms. The monoisotopic (exact) mass is 484 g/mol. The normalized spacial score (nSPS) is 18.2. The first-order valence-electron chi connectivity index (χ1n) is 12.1. The van der Waals surface area contributed by atoms with Crippen LogP contribution in [0, 0.1) is 11.8 Å². The number of carbonyl (C=O) groups is 1. The van der Waals surface area contributed by atoms with Gasteiger partial charge < -0.3 is 19.7 Å². The van der Waals surface area contributed by atoms with Crippen LogP contribution >= 0.6 is 0 Å². The average molecular weight is 485 g/mol. The van der Waals surface area contributed by atoms with Gasteiger partial charge in [0.15, 0.2) is 0 Å². The van der Waals surface area contributed by atoms with Gasteiger partial charge in [0.1, 0.15) is 5.69 Å². The Labute approximate surface area is 209 Å². The molecule has 3 aromatic rings. The van der Waals surface area contributed by atoms with E-state index in [0.29, 0.717) is 12.8 Å². The number of ether oxygens (including phenoxy) is 1. The van der Waals surface area contributed by atoms with Crippen molar-refractivity contribution in [2.75, 3.05) is 26.3 Å². The molecule has 2 aromatic carbocycles. The highest BCUT2D eigenvalue weighted by Gasteiger charge is 2.33. The zero-order valence-corrected chi connectivity index (χ0v) is 19.9. The summed E-state index contributed by atoms with van der Waals surface area (Å²) in [6.45, 7) is 4.54. The van der Waals surface area contributed by atoms with Crippen LogP contribution in [0.3, 0.4) is 0 Å². The minimum atomic E-state index is -0.613. The van der Waals surface area contributed by atoms with Gasteiger partial charge in [-0.25, -0.2) is 4.98 Å². The minimum absolute atomic E-state index is 0.0255. The zero-order chi connectivity index (χ0) is 24.9. The van der Waals surface area contributed by atoms with Gasteiger partial charge in [0, 0.05) is 37.2 Å². The highest BCUT2D eigenvalue weighted by molar-refractivity contribution is 5.79. The first kappa shape index (κ1) is 23.8. The lowest BCUT2D eigenvalue weighted by molar-refractivity contribution is -0.129. The third-order valence-corrected chi connectivity index (χ3v) is 6.66. The lowest BCUT2D eigenvalue weighted by Crippen LogP contribution is -2.35. The summed E-state index contributed by atoms with van der Waals surface area (Å²) in [5.74, 6) is 5.96. The number of morpholine rings is 1. The van der Waals surface area contributed by atoms with Crippen molar-refractivity contribution in [2.24, 2.45) is 0 Å². The van der Waals surface area contributed by atoms with E-state index in [1.807, 2.05) is 24.3 Å². The summed E-state index contributed by atoms with van der Waals surface area (Å²) >= 11 is 0. The largest absolute Gasteiger partial charge is 0.502 e. The van der Waals surface area contributed by atoms with E-state index in [1.54, 1.807) is 4.90 Å². The maximum absolute atomic E-state index is 12.5. The van der Waals surface area contributed by atoms with E-state index in [4.69, 9.17) is 4.74 Å². The Kier molecular flexibility index (Phi) is 7.12. The topological polar surface area (TPSA) is 98.8 Å². The van der Waals surface area contributed by atoms with Gasteiger partial charge in [-0.15, -0.1) is 0 Å². The van der Waals surface area contributed by atoms with Crippen molar-refractivity contribution in [1.29, 1.82) is 0 Å². The number of aromatic hydroxyl groups is 1.